The number of hydrogen-bond acceptors (Lipinski definition) is 5. The van der Waals surface area contributed by atoms with E-state index >= 15 is 0 Å². The van der Waals surface area contributed by atoms with E-state index in [-0.39, 0.29) is 28.3 Å². The third-order valence-electron chi connectivity index (χ3n) is 3.74. The number of carbonyl (C=O) groups is 1. The highest BCUT2D eigenvalue weighted by Gasteiger charge is 2.14. The van der Waals surface area contributed by atoms with Gasteiger partial charge in [-0.15, -0.1) is 10.2 Å². The molecule has 29 heavy (non-hydrogen) atoms. The number of carbonyl (C=O) groups excluding carboxylic acids is 1. The quantitative estimate of drug-likeness (QED) is 0.474. The van der Waals surface area contributed by atoms with Crippen molar-refractivity contribution in [2.24, 2.45) is 7.05 Å². The SMILES string of the molecule is Cn1c(COc2ccc(F)c(Cl)c2)nnc1SCC(=O)Nc1cccc(Cl)c1Cl. The number of amides is 1. The Kier molecular flexibility index (Phi) is 7.23. The van der Waals surface area contributed by atoms with E-state index in [2.05, 4.69) is 15.5 Å². The Morgan fingerprint density at radius 3 is 2.76 bits per heavy atom. The summed E-state index contributed by atoms with van der Waals surface area (Å²) in [7, 11) is 1.75. The molecule has 1 aromatic heterocycles. The number of hydrogen-bond donors (Lipinski definition) is 1. The molecule has 0 aliphatic heterocycles. The van der Waals surface area contributed by atoms with Gasteiger partial charge in [-0.1, -0.05) is 52.6 Å². The molecule has 1 N–H and O–H groups in total. The second-order valence-electron chi connectivity index (χ2n) is 5.76. The summed E-state index contributed by atoms with van der Waals surface area (Å²) in [5, 5.41) is 12.0. The lowest BCUT2D eigenvalue weighted by molar-refractivity contribution is -0.113. The van der Waals surface area contributed by atoms with Gasteiger partial charge in [0.1, 0.15) is 18.2 Å². The van der Waals surface area contributed by atoms with Crippen LogP contribution in [0.3, 0.4) is 0 Å². The Bertz CT molecular complexity index is 1050. The van der Waals surface area contributed by atoms with E-state index in [1.54, 1.807) is 29.8 Å². The highest BCUT2D eigenvalue weighted by atomic mass is 35.5. The molecule has 0 aliphatic carbocycles. The van der Waals surface area contributed by atoms with Crippen molar-refractivity contribution in [2.75, 3.05) is 11.1 Å². The Hall–Kier alpha value is -2.00. The van der Waals surface area contributed by atoms with Crippen LogP contribution in [0, 0.1) is 5.82 Å². The Labute approximate surface area is 185 Å². The van der Waals surface area contributed by atoms with Crippen molar-refractivity contribution in [2.45, 2.75) is 11.8 Å². The molecule has 0 unspecified atom stereocenters. The van der Waals surface area contributed by atoms with E-state index in [0.717, 1.165) is 0 Å². The van der Waals surface area contributed by atoms with Crippen LogP contribution < -0.4 is 10.1 Å². The summed E-state index contributed by atoms with van der Waals surface area (Å²) in [6.07, 6.45) is 0. The maximum Gasteiger partial charge on any atom is 0.234 e. The maximum absolute atomic E-state index is 13.2. The van der Waals surface area contributed by atoms with Gasteiger partial charge in [0, 0.05) is 13.1 Å². The number of anilines is 1. The van der Waals surface area contributed by atoms with Gasteiger partial charge in [0.25, 0.3) is 0 Å². The zero-order valence-corrected chi connectivity index (χ0v) is 18.0. The van der Waals surface area contributed by atoms with E-state index in [4.69, 9.17) is 39.5 Å². The number of thioether (sulfide) groups is 1. The molecule has 11 heteroatoms. The molecule has 0 bridgehead atoms. The van der Waals surface area contributed by atoms with Gasteiger partial charge in [-0.25, -0.2) is 4.39 Å². The first kappa shape index (κ1) is 21.7. The Morgan fingerprint density at radius 2 is 2.00 bits per heavy atom. The van der Waals surface area contributed by atoms with Crippen LogP contribution in [-0.2, 0) is 18.4 Å². The van der Waals surface area contributed by atoms with Gasteiger partial charge in [-0.05, 0) is 24.3 Å². The van der Waals surface area contributed by atoms with Crippen LogP contribution >= 0.6 is 46.6 Å². The van der Waals surface area contributed by atoms with Gasteiger partial charge in [0.15, 0.2) is 11.0 Å². The summed E-state index contributed by atoms with van der Waals surface area (Å²) >= 11 is 18.9. The van der Waals surface area contributed by atoms with E-state index in [0.29, 0.717) is 27.4 Å². The Balaban J connectivity index is 1.55. The van der Waals surface area contributed by atoms with E-state index in [9.17, 15) is 9.18 Å². The molecule has 3 aromatic rings. The summed E-state index contributed by atoms with van der Waals surface area (Å²) in [5.41, 5.74) is 0.440. The van der Waals surface area contributed by atoms with Crippen LogP contribution in [0.4, 0.5) is 10.1 Å². The molecule has 0 radical (unpaired) electrons. The largest absolute Gasteiger partial charge is 0.486 e. The summed E-state index contributed by atoms with van der Waals surface area (Å²) in [4.78, 5) is 12.2. The monoisotopic (exact) mass is 474 g/mol. The van der Waals surface area contributed by atoms with Crippen molar-refractivity contribution >= 4 is 58.2 Å². The second kappa shape index (κ2) is 9.67. The molecule has 152 valence electrons. The zero-order valence-electron chi connectivity index (χ0n) is 15.0. The van der Waals surface area contributed by atoms with Gasteiger partial charge >= 0.3 is 0 Å². The van der Waals surface area contributed by atoms with Gasteiger partial charge in [-0.3, -0.25) is 4.79 Å². The van der Waals surface area contributed by atoms with Crippen LogP contribution in [0.2, 0.25) is 15.1 Å². The molecule has 0 saturated heterocycles. The van der Waals surface area contributed by atoms with Crippen LogP contribution in [-0.4, -0.2) is 26.4 Å². The standard InChI is InChI=1S/C18H14Cl3FN4O2S/c1-26-15(8-28-10-5-6-13(22)12(20)7-10)24-25-18(26)29-9-16(27)23-14-4-2-3-11(19)17(14)21/h2-7H,8-9H2,1H3,(H,23,27). The zero-order chi connectivity index (χ0) is 21.0. The molecule has 0 aliphatic rings. The van der Waals surface area contributed by atoms with Crippen LogP contribution in [0.5, 0.6) is 5.75 Å². The Morgan fingerprint density at radius 1 is 1.21 bits per heavy atom. The summed E-state index contributed by atoms with van der Waals surface area (Å²) in [6, 6.07) is 9.07. The van der Waals surface area contributed by atoms with E-state index in [1.807, 2.05) is 0 Å². The molecule has 0 atom stereocenters. The van der Waals surface area contributed by atoms with Crippen molar-refractivity contribution in [1.29, 1.82) is 0 Å². The third-order valence-corrected chi connectivity index (χ3v) is 5.87. The number of rotatable bonds is 7. The van der Waals surface area contributed by atoms with Crippen molar-refractivity contribution in [3.63, 3.8) is 0 Å². The number of benzene rings is 2. The molecular formula is C18H14Cl3FN4O2S. The second-order valence-corrected chi connectivity index (χ2v) is 7.90. The van der Waals surface area contributed by atoms with Crippen LogP contribution in [0.25, 0.3) is 0 Å². The van der Waals surface area contributed by atoms with Gasteiger partial charge in [0.2, 0.25) is 5.91 Å². The smallest absolute Gasteiger partial charge is 0.234 e. The minimum absolute atomic E-state index is 0.0254. The first-order valence-electron chi connectivity index (χ1n) is 8.18. The van der Waals surface area contributed by atoms with E-state index < -0.39 is 5.82 Å². The highest BCUT2D eigenvalue weighted by molar-refractivity contribution is 7.99. The predicted octanol–water partition coefficient (Wildman–Crippen LogP) is 5.22. The number of nitrogens with zero attached hydrogens (tertiary/aromatic N) is 3. The van der Waals surface area contributed by atoms with Crippen LogP contribution in [0.15, 0.2) is 41.6 Å². The van der Waals surface area contributed by atoms with E-state index in [1.165, 1.54) is 30.0 Å². The van der Waals surface area contributed by atoms with Crippen molar-refractivity contribution < 1.29 is 13.9 Å². The van der Waals surface area contributed by atoms with Crippen molar-refractivity contribution in [3.8, 4) is 5.75 Å². The minimum atomic E-state index is -0.520. The molecule has 3 rings (SSSR count). The van der Waals surface area contributed by atoms with Gasteiger partial charge in [-0.2, -0.15) is 0 Å². The average Bonchev–Trinajstić information content (AvgIpc) is 3.04. The maximum atomic E-state index is 13.2. The molecule has 0 saturated carbocycles. The minimum Gasteiger partial charge on any atom is -0.486 e. The molecule has 1 heterocycles. The fourth-order valence-corrected chi connectivity index (χ4v) is 3.48. The van der Waals surface area contributed by atoms with Crippen molar-refractivity contribution in [1.82, 2.24) is 14.8 Å². The molecule has 0 fully saturated rings. The highest BCUT2D eigenvalue weighted by Crippen LogP contribution is 2.29. The summed E-state index contributed by atoms with van der Waals surface area (Å²) in [6.45, 7) is 0.107. The summed E-state index contributed by atoms with van der Waals surface area (Å²) in [5.74, 6) is 0.260. The third kappa shape index (κ3) is 5.54. The number of halogens is 4. The van der Waals surface area contributed by atoms with Crippen LogP contribution in [0.1, 0.15) is 5.82 Å². The first-order chi connectivity index (χ1) is 13.8. The lowest BCUT2D eigenvalue weighted by Crippen LogP contribution is -2.15. The molecule has 6 nitrogen and oxygen atoms in total. The lowest BCUT2D eigenvalue weighted by Gasteiger charge is -2.08. The molecular weight excluding hydrogens is 462 g/mol. The average molecular weight is 476 g/mol. The van der Waals surface area contributed by atoms with Gasteiger partial charge in [0.05, 0.1) is 26.5 Å². The molecule has 1 amide bonds. The number of aromatic nitrogens is 3. The normalized spacial score (nSPS) is 10.8. The molecule has 0 spiro atoms. The lowest BCUT2D eigenvalue weighted by atomic mass is 10.3. The number of nitrogens with one attached hydrogen (secondary N) is 1. The topological polar surface area (TPSA) is 69.0 Å². The fraction of sp³-hybridized carbons (Fsp3) is 0.167. The van der Waals surface area contributed by atoms with Crippen molar-refractivity contribution in [3.05, 3.63) is 63.1 Å². The fourth-order valence-electron chi connectivity index (χ4n) is 2.23. The summed E-state index contributed by atoms with van der Waals surface area (Å²) < 4.78 is 20.5. The molecule has 2 aromatic carbocycles. The van der Waals surface area contributed by atoms with Gasteiger partial charge < -0.3 is 14.6 Å². The first-order valence-corrected chi connectivity index (χ1v) is 10.3. The number of ether oxygens (including phenoxy) is 1. The predicted molar refractivity (Wildman–Crippen MR) is 113 cm³/mol.